The van der Waals surface area contributed by atoms with Gasteiger partial charge in [0.2, 0.25) is 17.3 Å². The molecule has 5 heterocycles. The van der Waals surface area contributed by atoms with E-state index in [1.807, 2.05) is 50.5 Å². The van der Waals surface area contributed by atoms with Gasteiger partial charge in [-0.05, 0) is 82.9 Å². The molecule has 7 nitrogen and oxygen atoms in total. The van der Waals surface area contributed by atoms with Gasteiger partial charge >= 0.3 is 0 Å². The summed E-state index contributed by atoms with van der Waals surface area (Å²) in [6.45, 7) is 12.5. The Morgan fingerprint density at radius 1 is 0.824 bits per heavy atom. The predicted molar refractivity (Wildman–Crippen MR) is 209 cm³/mol. The third kappa shape index (κ3) is 4.91. The first kappa shape index (κ1) is 28.4. The number of hydrogen-bond acceptors (Lipinski definition) is 7. The Morgan fingerprint density at radius 2 is 1.59 bits per heavy atom. The highest BCUT2D eigenvalue weighted by Gasteiger charge is 2.28. The highest BCUT2D eigenvalue weighted by Crippen LogP contribution is 2.45. The van der Waals surface area contributed by atoms with E-state index < -0.39 is 6.85 Å². The van der Waals surface area contributed by atoms with Crippen molar-refractivity contribution in [2.75, 3.05) is 0 Å². The largest absolute Gasteiger partial charge is 0.438 e. The molecule has 0 amide bonds. The van der Waals surface area contributed by atoms with E-state index in [0.29, 0.717) is 44.9 Å². The van der Waals surface area contributed by atoms with Gasteiger partial charge in [0.1, 0.15) is 22.4 Å². The molecular weight excluding hydrogens is 651 g/mol. The molecular formula is C43H39N5O2S. The van der Waals surface area contributed by atoms with Crippen molar-refractivity contribution in [1.29, 1.82) is 0 Å². The number of oxazole rings is 1. The molecule has 0 saturated carbocycles. The van der Waals surface area contributed by atoms with Crippen LogP contribution in [-0.4, -0.2) is 24.5 Å². The fourth-order valence-electron chi connectivity index (χ4n) is 7.15. The highest BCUT2D eigenvalue weighted by molar-refractivity contribution is 7.16. The van der Waals surface area contributed by atoms with E-state index in [-0.39, 0.29) is 28.5 Å². The monoisotopic (exact) mass is 692 g/mol. The van der Waals surface area contributed by atoms with Gasteiger partial charge in [-0.25, -0.2) is 9.97 Å². The number of thiazole rings is 1. The summed E-state index contributed by atoms with van der Waals surface area (Å²) in [5.74, 6) is 1.46. The van der Waals surface area contributed by atoms with Crippen LogP contribution in [0.5, 0.6) is 0 Å². The van der Waals surface area contributed by atoms with Crippen molar-refractivity contribution < 1.29 is 12.9 Å². The summed E-state index contributed by atoms with van der Waals surface area (Å²) in [5, 5.41) is 1.00. The van der Waals surface area contributed by atoms with E-state index in [2.05, 4.69) is 79.7 Å². The van der Waals surface area contributed by atoms with Gasteiger partial charge in [-0.2, -0.15) is 9.97 Å². The second-order valence-corrected chi connectivity index (χ2v) is 15.9. The smallest absolute Gasteiger partial charge is 0.229 e. The summed E-state index contributed by atoms with van der Waals surface area (Å²) in [7, 11) is 0. The van der Waals surface area contributed by atoms with E-state index in [1.54, 1.807) is 17.4 Å². The first-order chi connectivity index (χ1) is 25.7. The minimum Gasteiger partial charge on any atom is -0.438 e. The minimum atomic E-state index is -2.43. The summed E-state index contributed by atoms with van der Waals surface area (Å²) in [6, 6.07) is 24.5. The second-order valence-electron chi connectivity index (χ2n) is 15.0. The van der Waals surface area contributed by atoms with Crippen molar-refractivity contribution in [2.24, 2.45) is 0 Å². The number of aryl methyl sites for hydroxylation is 1. The molecule has 0 unspecified atom stereocenters. The van der Waals surface area contributed by atoms with E-state index in [0.717, 1.165) is 49.2 Å². The van der Waals surface area contributed by atoms with Gasteiger partial charge in [0, 0.05) is 14.9 Å². The topological polar surface area (TPSA) is 82.8 Å². The average Bonchev–Trinajstić information content (AvgIpc) is 3.92. The molecule has 8 heteroatoms. The normalized spacial score (nSPS) is 13.8. The number of rotatable bonds is 5. The number of imidazole rings is 1. The van der Waals surface area contributed by atoms with Crippen LogP contribution in [0.15, 0.2) is 87.1 Å². The molecule has 9 rings (SSSR count). The maximum Gasteiger partial charge on any atom is 0.229 e. The minimum absolute atomic E-state index is 0.149. The van der Waals surface area contributed by atoms with Crippen LogP contribution in [0, 0.1) is 6.85 Å². The zero-order chi connectivity index (χ0) is 37.8. The fourth-order valence-corrected chi connectivity index (χ4v) is 7.83. The number of furan rings is 1. The van der Waals surface area contributed by atoms with Crippen molar-refractivity contribution in [1.82, 2.24) is 24.5 Å². The number of nitrogens with zero attached hydrogens (tertiary/aromatic N) is 5. The Morgan fingerprint density at radius 3 is 2.29 bits per heavy atom. The van der Waals surface area contributed by atoms with Crippen LogP contribution in [0.1, 0.15) is 87.0 Å². The van der Waals surface area contributed by atoms with Crippen LogP contribution in [0.2, 0.25) is 0 Å². The molecule has 51 heavy (non-hydrogen) atoms. The van der Waals surface area contributed by atoms with Gasteiger partial charge in [0.05, 0.1) is 32.4 Å². The maximum absolute atomic E-state index is 8.58. The average molecular weight is 693 g/mol. The molecule has 0 aliphatic heterocycles. The summed E-state index contributed by atoms with van der Waals surface area (Å²) in [5.41, 5.74) is 12.1. The number of benzene rings is 4. The number of pyridine rings is 1. The number of fused-ring (bicyclic) bond motifs is 7. The fraction of sp³-hybridized carbons (Fsp3) is 0.256. The van der Waals surface area contributed by atoms with Gasteiger partial charge in [0.25, 0.3) is 0 Å². The summed E-state index contributed by atoms with van der Waals surface area (Å²) >= 11 is 1.59. The molecule has 0 radical (unpaired) electrons. The van der Waals surface area contributed by atoms with Gasteiger partial charge in [0.15, 0.2) is 5.58 Å². The molecule has 0 fully saturated rings. The maximum atomic E-state index is 8.58. The summed E-state index contributed by atoms with van der Waals surface area (Å²) in [6.07, 6.45) is 0. The van der Waals surface area contributed by atoms with Crippen LogP contribution in [0.25, 0.3) is 82.8 Å². The molecule has 0 saturated heterocycles. The zero-order valence-corrected chi connectivity index (χ0v) is 30.4. The SMILES string of the molecule is [2H]C([2H])([2H])c1ccc(-c2nc3ccc4scnc4c3n2-c2c(C(C)C)cc(-c3ccccc3)cc2C(C)C)c2oc3nc4nc(C(C)(C)C)oc4cc3c12. The molecule has 0 spiro atoms. The van der Waals surface area contributed by atoms with Gasteiger partial charge in [-0.15, -0.1) is 11.3 Å². The van der Waals surface area contributed by atoms with E-state index in [1.165, 1.54) is 0 Å². The Balaban J connectivity index is 1.42. The first-order valence-corrected chi connectivity index (χ1v) is 18.2. The molecule has 254 valence electrons. The Kier molecular flexibility index (Phi) is 6.31. The van der Waals surface area contributed by atoms with Crippen molar-refractivity contribution >= 4 is 65.9 Å². The summed E-state index contributed by atoms with van der Waals surface area (Å²) < 4.78 is 41.9. The molecule has 4 aromatic carbocycles. The second kappa shape index (κ2) is 11.3. The number of hydrogen-bond donors (Lipinski definition) is 0. The van der Waals surface area contributed by atoms with Crippen molar-refractivity contribution in [2.45, 2.75) is 72.6 Å². The quantitative estimate of drug-likeness (QED) is 0.178. The molecule has 0 N–H and O–H groups in total. The van der Waals surface area contributed by atoms with E-state index >= 15 is 0 Å². The molecule has 0 aliphatic carbocycles. The third-order valence-corrected chi connectivity index (χ3v) is 10.5. The van der Waals surface area contributed by atoms with Gasteiger partial charge in [-0.1, -0.05) is 84.9 Å². The zero-order valence-electron chi connectivity index (χ0n) is 32.6. The third-order valence-electron chi connectivity index (χ3n) is 9.72. The lowest BCUT2D eigenvalue weighted by molar-refractivity contribution is 0.411. The van der Waals surface area contributed by atoms with Crippen LogP contribution in [-0.2, 0) is 5.41 Å². The summed E-state index contributed by atoms with van der Waals surface area (Å²) in [4.78, 5) is 19.7. The predicted octanol–water partition coefficient (Wildman–Crippen LogP) is 12.3. The lowest BCUT2D eigenvalue weighted by Crippen LogP contribution is -2.11. The lowest BCUT2D eigenvalue weighted by atomic mass is 9.88. The molecule has 0 aliphatic rings. The standard InChI is InChI=1S/C43H39N5O2S/c1-22(2)28-18-26(25-12-10-9-11-13-25)19-29(23(3)4)36(28)48-37-31(16-17-33-35(37)44-21-51-33)45-40(48)27-15-14-24(5)34-30-20-32-39(46-41(30)50-38(27)34)47-42(49-32)43(6,7)8/h9-23H,1-8H3/i5D3. The Bertz CT molecular complexity index is 2900. The number of aromatic nitrogens is 5. The lowest BCUT2D eigenvalue weighted by Gasteiger charge is -2.24. The molecule has 5 aromatic heterocycles. The van der Waals surface area contributed by atoms with Crippen molar-refractivity contribution in [3.8, 4) is 28.2 Å². The van der Waals surface area contributed by atoms with Gasteiger partial charge in [-0.3, -0.25) is 4.57 Å². The van der Waals surface area contributed by atoms with Crippen LogP contribution in [0.4, 0.5) is 0 Å². The van der Waals surface area contributed by atoms with Crippen LogP contribution in [0.3, 0.4) is 0 Å². The molecule has 0 atom stereocenters. The van der Waals surface area contributed by atoms with E-state index in [4.69, 9.17) is 27.9 Å². The van der Waals surface area contributed by atoms with Gasteiger partial charge < -0.3 is 8.83 Å². The van der Waals surface area contributed by atoms with Crippen LogP contribution < -0.4 is 0 Å². The molecule has 0 bridgehead atoms. The van der Waals surface area contributed by atoms with Crippen LogP contribution >= 0.6 is 11.3 Å². The Hall–Kier alpha value is -5.34. The first-order valence-electron chi connectivity index (χ1n) is 18.9. The van der Waals surface area contributed by atoms with Crippen molar-refractivity contribution in [3.63, 3.8) is 0 Å². The van der Waals surface area contributed by atoms with E-state index in [9.17, 15) is 0 Å². The Labute approximate surface area is 304 Å². The van der Waals surface area contributed by atoms with Crippen molar-refractivity contribution in [3.05, 3.63) is 101 Å². The molecule has 9 aromatic rings. The highest BCUT2D eigenvalue weighted by atomic mass is 32.1.